The summed E-state index contributed by atoms with van der Waals surface area (Å²) >= 11 is 0. The Morgan fingerprint density at radius 3 is 1.62 bits per heavy atom. The van der Waals surface area contributed by atoms with Gasteiger partial charge in [-0.05, 0) is 6.42 Å². The Hall–Kier alpha value is -0.340. The highest BCUT2D eigenvalue weighted by molar-refractivity contribution is 5.17. The van der Waals surface area contributed by atoms with E-state index in [0.717, 1.165) is 4.48 Å². The summed E-state index contributed by atoms with van der Waals surface area (Å²) in [6, 6.07) is 11.7. The molecule has 1 unspecified atom stereocenters. The van der Waals surface area contributed by atoms with Gasteiger partial charge < -0.3 is 21.5 Å². The van der Waals surface area contributed by atoms with E-state index in [1.54, 1.807) is 0 Å². The second-order valence-electron chi connectivity index (χ2n) is 8.01. The van der Waals surface area contributed by atoms with Gasteiger partial charge in [-0.3, -0.25) is 0 Å². The van der Waals surface area contributed by atoms with Crippen LogP contribution in [0.5, 0.6) is 0 Å². The highest BCUT2D eigenvalue weighted by Crippen LogP contribution is 2.29. The normalized spacial score (nSPS) is 12.7. The number of rotatable bonds is 13. The van der Waals surface area contributed by atoms with E-state index in [4.69, 9.17) is 0 Å². The maximum absolute atomic E-state index is 2.33. The van der Waals surface area contributed by atoms with Crippen LogP contribution >= 0.6 is 0 Å². The van der Waals surface area contributed by atoms with Gasteiger partial charge in [-0.1, -0.05) is 95.0 Å². The van der Waals surface area contributed by atoms with Gasteiger partial charge in [-0.2, -0.15) is 0 Å². The molecule has 0 saturated heterocycles. The minimum Gasteiger partial charge on any atom is -1.00 e. The zero-order chi connectivity index (χ0) is 17.0. The molecule has 0 saturated carbocycles. The summed E-state index contributed by atoms with van der Waals surface area (Å²) in [5, 5.41) is 0. The molecule has 0 spiro atoms. The van der Waals surface area contributed by atoms with E-state index in [1.165, 1.54) is 76.2 Å². The maximum atomic E-state index is 2.33. The fourth-order valence-electron chi connectivity index (χ4n) is 3.50. The van der Waals surface area contributed by atoms with Gasteiger partial charge in [0.2, 0.25) is 0 Å². The molecular weight excluding hydrogens is 358 g/mol. The summed E-state index contributed by atoms with van der Waals surface area (Å²) in [5.74, 6) is 0. The summed E-state index contributed by atoms with van der Waals surface area (Å²) in [6.45, 7) is 2.29. The summed E-state index contributed by atoms with van der Waals surface area (Å²) < 4.78 is 1.03. The Morgan fingerprint density at radius 2 is 1.17 bits per heavy atom. The van der Waals surface area contributed by atoms with Gasteiger partial charge >= 0.3 is 0 Å². The van der Waals surface area contributed by atoms with Gasteiger partial charge in [-0.25, -0.2) is 0 Å². The standard InChI is InChI=1S/C22H40N.BrH/c1-5-6-7-8-9-10-11-12-13-17-20-22(23(2,3)4)21-18-15-14-16-19-21;/h14-16,18-19,22H,5-13,17,20H2,1-4H3;1H/q+1;/p-1. The second-order valence-corrected chi connectivity index (χ2v) is 8.01. The van der Waals surface area contributed by atoms with Crippen molar-refractivity contribution in [3.05, 3.63) is 35.9 Å². The van der Waals surface area contributed by atoms with Crippen LogP contribution in [0.25, 0.3) is 0 Å². The molecule has 0 heterocycles. The predicted octanol–water partition coefficient (Wildman–Crippen LogP) is 3.75. The summed E-state index contributed by atoms with van der Waals surface area (Å²) in [4.78, 5) is 0. The van der Waals surface area contributed by atoms with E-state index in [9.17, 15) is 0 Å². The molecule has 0 radical (unpaired) electrons. The molecule has 0 aliphatic carbocycles. The molecule has 1 aromatic carbocycles. The third-order valence-electron chi connectivity index (χ3n) is 4.95. The maximum Gasteiger partial charge on any atom is 0.114 e. The van der Waals surface area contributed by atoms with Crippen LogP contribution in [0.4, 0.5) is 0 Å². The average molecular weight is 398 g/mol. The Balaban J connectivity index is 0.00000529. The average Bonchev–Trinajstić information content (AvgIpc) is 2.52. The second kappa shape index (κ2) is 13.9. The Morgan fingerprint density at radius 1 is 0.708 bits per heavy atom. The molecule has 140 valence electrons. The van der Waals surface area contributed by atoms with Crippen molar-refractivity contribution >= 4 is 0 Å². The molecular formula is C22H40BrN. The lowest BCUT2D eigenvalue weighted by Gasteiger charge is -2.34. The fourth-order valence-corrected chi connectivity index (χ4v) is 3.50. The zero-order valence-corrected chi connectivity index (χ0v) is 18.2. The van der Waals surface area contributed by atoms with Crippen LogP contribution in [0.1, 0.15) is 89.2 Å². The first-order valence-corrected chi connectivity index (χ1v) is 9.91. The first kappa shape index (κ1) is 23.7. The molecule has 1 atom stereocenters. The van der Waals surface area contributed by atoms with E-state index in [2.05, 4.69) is 58.4 Å². The quantitative estimate of drug-likeness (QED) is 0.351. The molecule has 1 nitrogen and oxygen atoms in total. The minimum absolute atomic E-state index is 0. The topological polar surface area (TPSA) is 0 Å². The van der Waals surface area contributed by atoms with Gasteiger partial charge in [0.15, 0.2) is 0 Å². The van der Waals surface area contributed by atoms with Crippen LogP contribution in [-0.4, -0.2) is 25.6 Å². The van der Waals surface area contributed by atoms with E-state index in [0.29, 0.717) is 6.04 Å². The fraction of sp³-hybridized carbons (Fsp3) is 0.727. The number of halogens is 1. The summed E-state index contributed by atoms with van der Waals surface area (Å²) in [6.07, 6.45) is 15.5. The molecule has 0 bridgehead atoms. The molecule has 24 heavy (non-hydrogen) atoms. The monoisotopic (exact) mass is 397 g/mol. The van der Waals surface area contributed by atoms with Crippen LogP contribution in [0.15, 0.2) is 30.3 Å². The lowest BCUT2D eigenvalue weighted by Crippen LogP contribution is -3.00. The van der Waals surface area contributed by atoms with Crippen LogP contribution in [-0.2, 0) is 0 Å². The zero-order valence-electron chi connectivity index (χ0n) is 16.6. The predicted molar refractivity (Wildman–Crippen MR) is 104 cm³/mol. The van der Waals surface area contributed by atoms with Gasteiger partial charge in [-0.15, -0.1) is 0 Å². The van der Waals surface area contributed by atoms with Crippen molar-refractivity contribution in [1.82, 2.24) is 0 Å². The van der Waals surface area contributed by atoms with E-state index in [1.807, 2.05) is 0 Å². The van der Waals surface area contributed by atoms with Crippen LogP contribution < -0.4 is 17.0 Å². The highest BCUT2D eigenvalue weighted by atomic mass is 79.9. The number of hydrogen-bond acceptors (Lipinski definition) is 0. The Labute approximate surface area is 162 Å². The Bertz CT molecular complexity index is 383. The van der Waals surface area contributed by atoms with Gasteiger partial charge in [0.05, 0.1) is 21.1 Å². The molecule has 1 rings (SSSR count). The molecule has 0 aromatic heterocycles. The van der Waals surface area contributed by atoms with Crippen LogP contribution in [0.3, 0.4) is 0 Å². The molecule has 0 amide bonds. The number of nitrogens with zero attached hydrogens (tertiary/aromatic N) is 1. The summed E-state index contributed by atoms with van der Waals surface area (Å²) in [7, 11) is 6.98. The molecule has 1 aromatic rings. The van der Waals surface area contributed by atoms with E-state index < -0.39 is 0 Å². The van der Waals surface area contributed by atoms with Crippen LogP contribution in [0, 0.1) is 0 Å². The van der Waals surface area contributed by atoms with Crippen molar-refractivity contribution in [3.8, 4) is 0 Å². The molecule has 0 aliphatic rings. The van der Waals surface area contributed by atoms with Gasteiger partial charge in [0.25, 0.3) is 0 Å². The first-order valence-electron chi connectivity index (χ1n) is 9.91. The Kier molecular flexibility index (Phi) is 13.7. The third-order valence-corrected chi connectivity index (χ3v) is 4.95. The van der Waals surface area contributed by atoms with E-state index >= 15 is 0 Å². The lowest BCUT2D eigenvalue weighted by molar-refractivity contribution is -0.902. The first-order chi connectivity index (χ1) is 11.1. The van der Waals surface area contributed by atoms with Gasteiger partial charge in [0, 0.05) is 12.0 Å². The molecule has 0 fully saturated rings. The van der Waals surface area contributed by atoms with Crippen molar-refractivity contribution in [2.45, 2.75) is 83.6 Å². The number of hydrogen-bond donors (Lipinski definition) is 0. The molecule has 2 heteroatoms. The number of benzene rings is 1. The van der Waals surface area contributed by atoms with Crippen molar-refractivity contribution in [3.63, 3.8) is 0 Å². The van der Waals surface area contributed by atoms with Crippen LogP contribution in [0.2, 0.25) is 0 Å². The SMILES string of the molecule is CCCCCCCCCCCCC(c1ccccc1)[N+](C)(C)C.[Br-]. The highest BCUT2D eigenvalue weighted by Gasteiger charge is 2.24. The van der Waals surface area contributed by atoms with Crippen molar-refractivity contribution in [2.75, 3.05) is 21.1 Å². The lowest BCUT2D eigenvalue weighted by atomic mass is 9.97. The summed E-state index contributed by atoms with van der Waals surface area (Å²) in [5.41, 5.74) is 1.50. The van der Waals surface area contributed by atoms with Crippen molar-refractivity contribution in [2.24, 2.45) is 0 Å². The largest absolute Gasteiger partial charge is 1.00 e. The molecule has 0 N–H and O–H groups in total. The van der Waals surface area contributed by atoms with E-state index in [-0.39, 0.29) is 17.0 Å². The number of quaternary nitrogens is 1. The minimum atomic E-state index is 0. The third kappa shape index (κ3) is 10.5. The van der Waals surface area contributed by atoms with Gasteiger partial charge in [0.1, 0.15) is 6.04 Å². The van der Waals surface area contributed by atoms with Crippen molar-refractivity contribution < 1.29 is 21.5 Å². The smallest absolute Gasteiger partial charge is 0.114 e. The molecule has 0 aliphatic heterocycles. The van der Waals surface area contributed by atoms with Crippen molar-refractivity contribution in [1.29, 1.82) is 0 Å². The number of unbranched alkanes of at least 4 members (excludes halogenated alkanes) is 9.